The van der Waals surface area contributed by atoms with Crippen LogP contribution >= 0.6 is 0 Å². The molecule has 37 heavy (non-hydrogen) atoms. The first-order valence-corrected chi connectivity index (χ1v) is 12.5. The number of aromatic nitrogens is 2. The molecule has 0 aliphatic carbocycles. The molecule has 0 spiro atoms. The van der Waals surface area contributed by atoms with E-state index in [9.17, 15) is 14.7 Å². The van der Waals surface area contributed by atoms with Crippen molar-refractivity contribution in [3.8, 4) is 22.8 Å². The van der Waals surface area contributed by atoms with E-state index in [2.05, 4.69) is 22.8 Å². The smallest absolute Gasteiger partial charge is 0.330 e. The lowest BCUT2D eigenvalue weighted by Gasteiger charge is -2.24. The van der Waals surface area contributed by atoms with Crippen molar-refractivity contribution in [3.05, 3.63) is 68.6 Å². The number of hydrogen-bond acceptors (Lipinski definition) is 5. The average Bonchev–Trinajstić information content (AvgIpc) is 2.82. The maximum Gasteiger partial charge on any atom is 0.330 e. The summed E-state index contributed by atoms with van der Waals surface area (Å²) in [5, 5.41) is 15.9. The molecular formula is C28H35N5O4. The molecule has 0 atom stereocenters. The number of carbonyl (C=O) groups excluding carboxylic acids is 1. The van der Waals surface area contributed by atoms with Crippen molar-refractivity contribution < 1.29 is 14.6 Å². The van der Waals surface area contributed by atoms with E-state index in [1.54, 1.807) is 21.3 Å². The molecule has 9 heteroatoms. The van der Waals surface area contributed by atoms with Crippen LogP contribution in [0.3, 0.4) is 0 Å². The number of hydrogen-bond donors (Lipinski definition) is 3. The van der Waals surface area contributed by atoms with Crippen molar-refractivity contribution in [1.29, 1.82) is 0 Å². The second-order valence-corrected chi connectivity index (χ2v) is 9.82. The molecule has 3 aromatic rings. The van der Waals surface area contributed by atoms with Gasteiger partial charge in [-0.25, -0.2) is 14.6 Å². The van der Waals surface area contributed by atoms with Crippen LogP contribution in [-0.2, 0) is 19.5 Å². The van der Waals surface area contributed by atoms with Crippen LogP contribution in [0.4, 0.5) is 10.5 Å². The summed E-state index contributed by atoms with van der Waals surface area (Å²) < 4.78 is 8.67. The van der Waals surface area contributed by atoms with Gasteiger partial charge < -0.3 is 20.5 Å². The predicted molar refractivity (Wildman–Crippen MR) is 144 cm³/mol. The lowest BCUT2D eigenvalue weighted by atomic mass is 9.97. The van der Waals surface area contributed by atoms with Crippen molar-refractivity contribution in [2.45, 2.75) is 60.2 Å². The summed E-state index contributed by atoms with van der Waals surface area (Å²) in [6.07, 6.45) is 0.599. The first kappa shape index (κ1) is 26.1. The number of urea groups is 1. The van der Waals surface area contributed by atoms with Gasteiger partial charge in [0.05, 0.1) is 18.5 Å². The summed E-state index contributed by atoms with van der Waals surface area (Å²) in [5.41, 5.74) is 6.77. The quantitative estimate of drug-likeness (QED) is 0.477. The molecule has 9 nitrogen and oxygen atoms in total. The minimum atomic E-state index is -0.279. The number of benzene rings is 2. The Bertz CT molecular complexity index is 1460. The summed E-state index contributed by atoms with van der Waals surface area (Å²) in [6, 6.07) is 9.25. The number of fused-ring (bicyclic) bond motifs is 3. The first-order chi connectivity index (χ1) is 17.6. The van der Waals surface area contributed by atoms with Crippen LogP contribution < -0.4 is 26.5 Å². The SMILES string of the molecule is COc1cc2c(cc1O)CCn1c-2cc(=Nc2c(C)cc(C)cc2C)n(CCNC(=O)NC(C)C)c1=O. The average molecular weight is 506 g/mol. The molecule has 0 saturated carbocycles. The molecule has 1 aromatic heterocycles. The number of nitrogens with one attached hydrogen (secondary N) is 2. The highest BCUT2D eigenvalue weighted by molar-refractivity contribution is 5.74. The molecule has 1 aliphatic rings. The van der Waals surface area contributed by atoms with Gasteiger partial charge in [-0.05, 0) is 69.9 Å². The molecule has 3 N–H and O–H groups in total. The molecule has 4 rings (SSSR count). The Labute approximate surface area is 216 Å². The number of aromatic hydroxyl groups is 1. The van der Waals surface area contributed by atoms with Crippen molar-refractivity contribution >= 4 is 11.7 Å². The number of nitrogens with zero attached hydrogens (tertiary/aromatic N) is 3. The third-order valence-electron chi connectivity index (χ3n) is 6.48. The van der Waals surface area contributed by atoms with E-state index in [0.29, 0.717) is 29.9 Å². The Balaban J connectivity index is 1.88. The van der Waals surface area contributed by atoms with Crippen LogP contribution in [0.25, 0.3) is 11.3 Å². The van der Waals surface area contributed by atoms with Gasteiger partial charge in [-0.1, -0.05) is 17.7 Å². The van der Waals surface area contributed by atoms with Crippen LogP contribution in [0.2, 0.25) is 0 Å². The van der Waals surface area contributed by atoms with Gasteiger partial charge in [-0.3, -0.25) is 9.13 Å². The number of methoxy groups -OCH3 is 1. The number of amides is 2. The van der Waals surface area contributed by atoms with Crippen molar-refractivity contribution in [2.24, 2.45) is 4.99 Å². The van der Waals surface area contributed by atoms with E-state index < -0.39 is 0 Å². The zero-order valence-corrected chi connectivity index (χ0v) is 22.3. The number of rotatable bonds is 6. The Kier molecular flexibility index (Phi) is 7.42. The Morgan fingerprint density at radius 2 is 1.84 bits per heavy atom. The van der Waals surface area contributed by atoms with E-state index in [1.807, 2.05) is 40.7 Å². The van der Waals surface area contributed by atoms with Gasteiger partial charge in [-0.15, -0.1) is 0 Å². The molecule has 0 unspecified atom stereocenters. The number of carbonyl (C=O) groups is 1. The number of phenols is 1. The topological polar surface area (TPSA) is 110 Å². The molecule has 0 fully saturated rings. The Morgan fingerprint density at radius 1 is 1.14 bits per heavy atom. The van der Waals surface area contributed by atoms with Gasteiger partial charge in [0, 0.05) is 37.3 Å². The zero-order valence-electron chi connectivity index (χ0n) is 22.3. The summed E-state index contributed by atoms with van der Waals surface area (Å²) in [4.78, 5) is 30.9. The highest BCUT2D eigenvalue weighted by Gasteiger charge is 2.22. The van der Waals surface area contributed by atoms with E-state index in [-0.39, 0.29) is 36.6 Å². The molecule has 2 amide bonds. The Morgan fingerprint density at radius 3 is 2.49 bits per heavy atom. The van der Waals surface area contributed by atoms with Crippen molar-refractivity contribution in [3.63, 3.8) is 0 Å². The number of ether oxygens (including phenoxy) is 1. The summed E-state index contributed by atoms with van der Waals surface area (Å²) in [5.74, 6) is 0.421. The highest BCUT2D eigenvalue weighted by atomic mass is 16.5. The third kappa shape index (κ3) is 5.40. The predicted octanol–water partition coefficient (Wildman–Crippen LogP) is 3.45. The molecule has 2 heterocycles. The normalized spacial score (nSPS) is 12.8. The van der Waals surface area contributed by atoms with Crippen LogP contribution in [0.15, 0.2) is 40.1 Å². The van der Waals surface area contributed by atoms with Crippen molar-refractivity contribution in [2.75, 3.05) is 13.7 Å². The number of aryl methyl sites for hydroxylation is 4. The van der Waals surface area contributed by atoms with Gasteiger partial charge in [-0.2, -0.15) is 0 Å². The standard InChI is InChI=1S/C28H35N5O4/c1-16(2)30-27(35)29-8-10-33-25(31-26-18(4)11-17(3)12-19(26)5)15-22-21-14-24(37-6)23(34)13-20(21)7-9-32(22)28(33)36/h11-16,34H,7-10H2,1-6H3,(H2,29,30,35). The highest BCUT2D eigenvalue weighted by Crippen LogP contribution is 2.37. The molecule has 0 radical (unpaired) electrons. The second kappa shape index (κ2) is 10.5. The van der Waals surface area contributed by atoms with Gasteiger partial charge >= 0.3 is 11.7 Å². The second-order valence-electron chi connectivity index (χ2n) is 9.82. The van der Waals surface area contributed by atoms with Gasteiger partial charge in [0.15, 0.2) is 11.5 Å². The molecule has 1 aliphatic heterocycles. The Hall–Kier alpha value is -4.01. The largest absolute Gasteiger partial charge is 0.504 e. The van der Waals surface area contributed by atoms with E-state index in [4.69, 9.17) is 9.73 Å². The fraction of sp³-hybridized carbons (Fsp3) is 0.393. The summed E-state index contributed by atoms with van der Waals surface area (Å²) >= 11 is 0. The van der Waals surface area contributed by atoms with E-state index >= 15 is 0 Å². The van der Waals surface area contributed by atoms with Crippen LogP contribution in [0.1, 0.15) is 36.1 Å². The minimum absolute atomic E-state index is 0.0107. The number of phenolic OH excluding ortho intramolecular Hbond substituents is 1. The van der Waals surface area contributed by atoms with Crippen LogP contribution in [0.5, 0.6) is 11.5 Å². The van der Waals surface area contributed by atoms with Gasteiger partial charge in [0.2, 0.25) is 0 Å². The van der Waals surface area contributed by atoms with Crippen LogP contribution in [-0.4, -0.2) is 40.0 Å². The zero-order chi connectivity index (χ0) is 26.9. The third-order valence-corrected chi connectivity index (χ3v) is 6.48. The van der Waals surface area contributed by atoms with E-state index in [1.165, 1.54) is 7.11 Å². The minimum Gasteiger partial charge on any atom is -0.504 e. The lowest BCUT2D eigenvalue weighted by Crippen LogP contribution is -2.46. The molecule has 196 valence electrons. The fourth-order valence-corrected chi connectivity index (χ4v) is 4.88. The monoisotopic (exact) mass is 505 g/mol. The fourth-order valence-electron chi connectivity index (χ4n) is 4.88. The van der Waals surface area contributed by atoms with Crippen LogP contribution in [0, 0.1) is 20.8 Å². The maximum absolute atomic E-state index is 13.8. The molecular weight excluding hydrogens is 470 g/mol. The molecule has 0 saturated heterocycles. The van der Waals surface area contributed by atoms with E-state index in [0.717, 1.165) is 33.5 Å². The molecule has 0 bridgehead atoms. The summed E-state index contributed by atoms with van der Waals surface area (Å²) in [6.45, 7) is 10.8. The maximum atomic E-state index is 13.8. The van der Waals surface area contributed by atoms with Crippen molar-refractivity contribution in [1.82, 2.24) is 19.8 Å². The summed E-state index contributed by atoms with van der Waals surface area (Å²) in [7, 11) is 1.50. The molecule has 2 aromatic carbocycles. The van der Waals surface area contributed by atoms with Gasteiger partial charge in [0.25, 0.3) is 0 Å². The van der Waals surface area contributed by atoms with Gasteiger partial charge in [0.1, 0.15) is 5.49 Å². The lowest BCUT2D eigenvalue weighted by molar-refractivity contribution is 0.238. The first-order valence-electron chi connectivity index (χ1n) is 12.5.